The van der Waals surface area contributed by atoms with Crippen LogP contribution in [0.25, 0.3) is 0 Å². The first-order chi connectivity index (χ1) is 7.39. The van der Waals surface area contributed by atoms with Gasteiger partial charge < -0.3 is 8.23 Å². The third-order valence-corrected chi connectivity index (χ3v) is 13.8. The Morgan fingerprint density at radius 1 is 0.882 bits per heavy atom. The molecule has 0 aliphatic rings. The van der Waals surface area contributed by atoms with Crippen LogP contribution in [0.1, 0.15) is 20.8 Å². The Labute approximate surface area is 112 Å². The minimum Gasteiger partial charge on any atom is -0.437 e. The average molecular weight is 293 g/mol. The SMILES string of the molecule is CC[Si](C)(O[Si](C)(C)C)O[Si](C)(C)CC(C)C. The first-order valence-corrected chi connectivity index (χ1v) is 15.8. The highest BCUT2D eigenvalue weighted by molar-refractivity contribution is 6.88. The minimum atomic E-state index is -1.94. The van der Waals surface area contributed by atoms with E-state index < -0.39 is 25.2 Å². The predicted octanol–water partition coefficient (Wildman–Crippen LogP) is 4.81. The van der Waals surface area contributed by atoms with Gasteiger partial charge in [-0.05, 0) is 57.3 Å². The van der Waals surface area contributed by atoms with Crippen LogP contribution in [0.4, 0.5) is 0 Å². The minimum absolute atomic E-state index is 0.721. The lowest BCUT2D eigenvalue weighted by Gasteiger charge is -2.39. The summed E-state index contributed by atoms with van der Waals surface area (Å²) in [5, 5.41) is 0. The fourth-order valence-corrected chi connectivity index (χ4v) is 16.3. The summed E-state index contributed by atoms with van der Waals surface area (Å²) in [7, 11) is -5.00. The van der Waals surface area contributed by atoms with E-state index in [1.165, 1.54) is 6.04 Å². The van der Waals surface area contributed by atoms with Crippen molar-refractivity contribution in [3.05, 3.63) is 0 Å². The summed E-state index contributed by atoms with van der Waals surface area (Å²) in [5.74, 6) is 0.721. The van der Waals surface area contributed by atoms with E-state index in [2.05, 4.69) is 60.1 Å². The molecule has 0 spiro atoms. The summed E-state index contributed by atoms with van der Waals surface area (Å²) in [6.45, 7) is 20.5. The van der Waals surface area contributed by atoms with Crippen molar-refractivity contribution in [2.24, 2.45) is 5.92 Å². The van der Waals surface area contributed by atoms with Crippen LogP contribution in [0.15, 0.2) is 0 Å². The Bertz CT molecular complexity index is 236. The van der Waals surface area contributed by atoms with Crippen LogP contribution in [0, 0.1) is 5.92 Å². The van der Waals surface area contributed by atoms with Crippen LogP contribution in [0.5, 0.6) is 0 Å². The molecule has 0 aromatic carbocycles. The van der Waals surface area contributed by atoms with Crippen molar-refractivity contribution in [3.63, 3.8) is 0 Å². The van der Waals surface area contributed by atoms with E-state index in [1.54, 1.807) is 0 Å². The molecule has 0 saturated heterocycles. The van der Waals surface area contributed by atoms with E-state index in [1.807, 2.05) is 0 Å². The maximum atomic E-state index is 6.55. The molecule has 2 nitrogen and oxygen atoms in total. The van der Waals surface area contributed by atoms with Gasteiger partial charge in [-0.15, -0.1) is 0 Å². The zero-order valence-electron chi connectivity index (χ0n) is 13.3. The molecule has 0 rings (SSSR count). The normalized spacial score (nSPS) is 17.3. The van der Waals surface area contributed by atoms with E-state index in [-0.39, 0.29) is 0 Å². The van der Waals surface area contributed by atoms with Gasteiger partial charge in [0.15, 0.2) is 16.6 Å². The van der Waals surface area contributed by atoms with Gasteiger partial charge in [0.25, 0.3) is 0 Å². The van der Waals surface area contributed by atoms with Crippen molar-refractivity contribution in [1.82, 2.24) is 0 Å². The number of rotatable bonds is 7. The van der Waals surface area contributed by atoms with Crippen LogP contribution in [0.3, 0.4) is 0 Å². The summed E-state index contributed by atoms with van der Waals surface area (Å²) in [4.78, 5) is 0. The van der Waals surface area contributed by atoms with E-state index >= 15 is 0 Å². The second kappa shape index (κ2) is 6.14. The Morgan fingerprint density at radius 3 is 1.65 bits per heavy atom. The van der Waals surface area contributed by atoms with Crippen molar-refractivity contribution < 1.29 is 8.23 Å². The van der Waals surface area contributed by atoms with Crippen molar-refractivity contribution >= 4 is 25.2 Å². The largest absolute Gasteiger partial charge is 0.437 e. The lowest BCUT2D eigenvalue weighted by atomic mass is 10.3. The van der Waals surface area contributed by atoms with Crippen molar-refractivity contribution in [2.75, 3.05) is 0 Å². The number of hydrogen-bond acceptors (Lipinski definition) is 2. The topological polar surface area (TPSA) is 18.5 Å². The summed E-state index contributed by atoms with van der Waals surface area (Å²) < 4.78 is 12.9. The zero-order chi connectivity index (χ0) is 13.9. The molecule has 0 aromatic heterocycles. The van der Waals surface area contributed by atoms with Gasteiger partial charge in [0.1, 0.15) is 0 Å². The highest BCUT2D eigenvalue weighted by Crippen LogP contribution is 2.27. The molecule has 0 heterocycles. The van der Waals surface area contributed by atoms with Crippen LogP contribution >= 0.6 is 0 Å². The molecule has 104 valence electrons. The monoisotopic (exact) mass is 292 g/mol. The van der Waals surface area contributed by atoms with Gasteiger partial charge in [0.05, 0.1) is 0 Å². The van der Waals surface area contributed by atoms with Crippen LogP contribution < -0.4 is 0 Å². The maximum absolute atomic E-state index is 6.55. The van der Waals surface area contributed by atoms with Gasteiger partial charge in [0, 0.05) is 0 Å². The Kier molecular flexibility index (Phi) is 6.35. The smallest absolute Gasteiger partial charge is 0.314 e. The molecule has 0 amide bonds. The summed E-state index contributed by atoms with van der Waals surface area (Å²) in [6, 6.07) is 2.29. The molecule has 5 heteroatoms. The van der Waals surface area contributed by atoms with E-state index in [0.717, 1.165) is 12.0 Å². The van der Waals surface area contributed by atoms with Gasteiger partial charge in [0.2, 0.25) is 0 Å². The standard InChI is InChI=1S/C12H32O2Si3/c1-10-17(9,13-15(4,5)6)14-16(7,8)11-12(2)3/h12H,10-11H2,1-9H3. The molecule has 0 bridgehead atoms. The highest BCUT2D eigenvalue weighted by atomic mass is 28.5. The first kappa shape index (κ1) is 17.6. The molecule has 0 radical (unpaired) electrons. The van der Waals surface area contributed by atoms with Gasteiger partial charge in [-0.2, -0.15) is 0 Å². The Morgan fingerprint density at radius 2 is 1.35 bits per heavy atom. The maximum Gasteiger partial charge on any atom is 0.314 e. The van der Waals surface area contributed by atoms with Crippen molar-refractivity contribution in [1.29, 1.82) is 0 Å². The molecule has 1 unspecified atom stereocenters. The Balaban J connectivity index is 4.67. The van der Waals surface area contributed by atoms with Crippen LogP contribution in [-0.2, 0) is 8.23 Å². The fraction of sp³-hybridized carbons (Fsp3) is 1.00. The van der Waals surface area contributed by atoms with Crippen molar-refractivity contribution in [3.8, 4) is 0 Å². The molecule has 0 aromatic rings. The van der Waals surface area contributed by atoms with Gasteiger partial charge in [-0.1, -0.05) is 20.8 Å². The van der Waals surface area contributed by atoms with E-state index in [0.29, 0.717) is 0 Å². The second-order valence-corrected chi connectivity index (χ2v) is 19.9. The summed E-state index contributed by atoms with van der Waals surface area (Å²) in [6.07, 6.45) is 0. The summed E-state index contributed by atoms with van der Waals surface area (Å²) in [5.41, 5.74) is 0. The fourth-order valence-electron chi connectivity index (χ4n) is 2.42. The van der Waals surface area contributed by atoms with E-state index in [9.17, 15) is 0 Å². The third-order valence-electron chi connectivity index (χ3n) is 2.56. The lowest BCUT2D eigenvalue weighted by Crippen LogP contribution is -2.53. The number of hydrogen-bond donors (Lipinski definition) is 0. The molecular weight excluding hydrogens is 260 g/mol. The van der Waals surface area contributed by atoms with Crippen LogP contribution in [0.2, 0.25) is 51.4 Å². The van der Waals surface area contributed by atoms with Gasteiger partial charge in [-0.3, -0.25) is 0 Å². The van der Waals surface area contributed by atoms with Gasteiger partial charge in [-0.25, -0.2) is 0 Å². The second-order valence-electron chi connectivity index (χ2n) is 7.16. The molecule has 0 aliphatic carbocycles. The molecule has 17 heavy (non-hydrogen) atoms. The highest BCUT2D eigenvalue weighted by Gasteiger charge is 2.40. The Hall–Kier alpha value is 0.571. The molecule has 0 fully saturated rings. The van der Waals surface area contributed by atoms with Crippen molar-refractivity contribution in [2.45, 2.75) is 72.1 Å². The molecular formula is C12H32O2Si3. The molecule has 1 atom stereocenters. The van der Waals surface area contributed by atoms with E-state index in [4.69, 9.17) is 8.23 Å². The zero-order valence-corrected chi connectivity index (χ0v) is 16.3. The van der Waals surface area contributed by atoms with Gasteiger partial charge >= 0.3 is 8.56 Å². The average Bonchev–Trinajstić information content (AvgIpc) is 1.95. The lowest BCUT2D eigenvalue weighted by molar-refractivity contribution is 0.379. The van der Waals surface area contributed by atoms with Crippen LogP contribution in [-0.4, -0.2) is 25.2 Å². The predicted molar refractivity (Wildman–Crippen MR) is 84.7 cm³/mol. The quantitative estimate of drug-likeness (QED) is 0.627. The third kappa shape index (κ3) is 8.31. The molecule has 0 saturated carbocycles. The molecule has 0 N–H and O–H groups in total. The summed E-state index contributed by atoms with van der Waals surface area (Å²) >= 11 is 0. The molecule has 0 aliphatic heterocycles. The first-order valence-electron chi connectivity index (χ1n) is 6.79.